The van der Waals surface area contributed by atoms with E-state index in [0.717, 1.165) is 17.2 Å². The van der Waals surface area contributed by atoms with E-state index < -0.39 is 0 Å². The van der Waals surface area contributed by atoms with Crippen LogP contribution in [0.5, 0.6) is 0 Å². The molecular weight excluding hydrogens is 289 g/mol. The van der Waals surface area contributed by atoms with Crippen molar-refractivity contribution >= 4 is 45.0 Å². The van der Waals surface area contributed by atoms with Crippen LogP contribution in [0.2, 0.25) is 5.02 Å². The number of halogens is 3. The van der Waals surface area contributed by atoms with Gasteiger partial charge in [0.05, 0.1) is 9.50 Å². The van der Waals surface area contributed by atoms with Gasteiger partial charge in [0.1, 0.15) is 5.82 Å². The molecule has 1 aromatic carbocycles. The minimum atomic E-state index is -0.327. The summed E-state index contributed by atoms with van der Waals surface area (Å²) in [5.74, 6) is 1.83. The zero-order valence-corrected chi connectivity index (χ0v) is 10.3. The van der Waals surface area contributed by atoms with E-state index in [4.69, 9.17) is 11.6 Å². The van der Waals surface area contributed by atoms with E-state index in [9.17, 15) is 4.39 Å². The van der Waals surface area contributed by atoms with Crippen LogP contribution in [0.15, 0.2) is 16.6 Å². The Kier molecular flexibility index (Phi) is 3.24. The molecule has 1 aliphatic rings. The van der Waals surface area contributed by atoms with Gasteiger partial charge < -0.3 is 5.32 Å². The van der Waals surface area contributed by atoms with Crippen molar-refractivity contribution < 1.29 is 4.39 Å². The molecule has 1 aliphatic heterocycles. The van der Waals surface area contributed by atoms with Crippen molar-refractivity contribution in [3.63, 3.8) is 0 Å². The molecule has 0 aliphatic carbocycles. The van der Waals surface area contributed by atoms with Crippen LogP contribution in [0.1, 0.15) is 0 Å². The molecule has 1 aromatic rings. The smallest absolute Gasteiger partial charge is 0.140 e. The van der Waals surface area contributed by atoms with Gasteiger partial charge in [0, 0.05) is 23.2 Å². The average Bonchev–Trinajstić information content (AvgIpc) is 2.07. The number of hydrogen-bond donors (Lipinski definition) is 1. The van der Waals surface area contributed by atoms with E-state index in [0.29, 0.717) is 15.5 Å². The highest BCUT2D eigenvalue weighted by atomic mass is 79.9. The van der Waals surface area contributed by atoms with Gasteiger partial charge in [-0.25, -0.2) is 4.39 Å². The predicted octanol–water partition coefficient (Wildman–Crippen LogP) is 3.77. The zero-order valence-electron chi connectivity index (χ0n) is 7.19. The Hall–Kier alpha value is 0.0700. The van der Waals surface area contributed by atoms with Gasteiger partial charge in [-0.3, -0.25) is 0 Å². The van der Waals surface area contributed by atoms with Crippen LogP contribution in [0.4, 0.5) is 10.1 Å². The monoisotopic (exact) mass is 295 g/mol. The fourth-order valence-corrected chi connectivity index (χ4v) is 2.27. The van der Waals surface area contributed by atoms with Crippen molar-refractivity contribution in [2.75, 3.05) is 16.8 Å². The summed E-state index contributed by atoms with van der Waals surface area (Å²) in [6.07, 6.45) is 0. The highest BCUT2D eigenvalue weighted by Gasteiger charge is 2.18. The molecular formula is C9H8BrClFNS. The third kappa shape index (κ3) is 2.18. The first-order valence-corrected chi connectivity index (χ1v) is 6.48. The van der Waals surface area contributed by atoms with Crippen molar-refractivity contribution in [1.29, 1.82) is 0 Å². The van der Waals surface area contributed by atoms with Crippen LogP contribution in [0.25, 0.3) is 0 Å². The fraction of sp³-hybridized carbons (Fsp3) is 0.333. The molecule has 0 unspecified atom stereocenters. The summed E-state index contributed by atoms with van der Waals surface area (Å²) < 4.78 is 13.6. The second-order valence-electron chi connectivity index (χ2n) is 3.13. The van der Waals surface area contributed by atoms with E-state index in [1.807, 2.05) is 11.8 Å². The van der Waals surface area contributed by atoms with Crippen LogP contribution < -0.4 is 5.32 Å². The number of nitrogens with one attached hydrogen (secondary N) is 1. The second-order valence-corrected chi connectivity index (χ2v) is 5.41. The van der Waals surface area contributed by atoms with Gasteiger partial charge >= 0.3 is 0 Å². The van der Waals surface area contributed by atoms with E-state index in [1.54, 1.807) is 6.07 Å². The predicted molar refractivity (Wildman–Crippen MR) is 63.8 cm³/mol. The molecule has 1 fully saturated rings. The molecule has 1 N–H and O–H groups in total. The maximum atomic E-state index is 13.2. The Labute approximate surface area is 99.5 Å². The maximum Gasteiger partial charge on any atom is 0.140 e. The Morgan fingerprint density at radius 2 is 2.21 bits per heavy atom. The van der Waals surface area contributed by atoms with Gasteiger partial charge in [-0.05, 0) is 28.1 Å². The van der Waals surface area contributed by atoms with Crippen LogP contribution in [-0.4, -0.2) is 17.5 Å². The molecule has 2 rings (SSSR count). The van der Waals surface area contributed by atoms with Gasteiger partial charge in [0.25, 0.3) is 0 Å². The lowest BCUT2D eigenvalue weighted by atomic mass is 10.2. The largest absolute Gasteiger partial charge is 0.381 e. The van der Waals surface area contributed by atoms with E-state index >= 15 is 0 Å². The minimum Gasteiger partial charge on any atom is -0.381 e. The lowest BCUT2D eigenvalue weighted by Gasteiger charge is -2.27. The van der Waals surface area contributed by atoms with Crippen LogP contribution in [0.3, 0.4) is 0 Å². The summed E-state index contributed by atoms with van der Waals surface area (Å²) in [5.41, 5.74) is 0.751. The summed E-state index contributed by atoms with van der Waals surface area (Å²) in [4.78, 5) is 0. The van der Waals surface area contributed by atoms with Crippen LogP contribution in [0, 0.1) is 5.82 Å². The third-order valence-corrected chi connectivity index (χ3v) is 4.60. The normalized spacial score (nSPS) is 16.5. The molecule has 0 amide bonds. The average molecular weight is 297 g/mol. The molecule has 0 aromatic heterocycles. The lowest BCUT2D eigenvalue weighted by molar-refractivity contribution is 0.621. The molecule has 1 saturated heterocycles. The van der Waals surface area contributed by atoms with Gasteiger partial charge in [-0.1, -0.05) is 11.6 Å². The first-order chi connectivity index (χ1) is 6.66. The highest BCUT2D eigenvalue weighted by Crippen LogP contribution is 2.30. The molecule has 0 bridgehead atoms. The lowest BCUT2D eigenvalue weighted by Crippen LogP contribution is -2.33. The number of hydrogen-bond acceptors (Lipinski definition) is 2. The van der Waals surface area contributed by atoms with Gasteiger partial charge in [0.15, 0.2) is 0 Å². The fourth-order valence-electron chi connectivity index (χ4n) is 1.19. The van der Waals surface area contributed by atoms with E-state index in [-0.39, 0.29) is 5.82 Å². The summed E-state index contributed by atoms with van der Waals surface area (Å²) >= 11 is 10.8. The summed E-state index contributed by atoms with van der Waals surface area (Å²) in [6, 6.07) is 3.65. The molecule has 1 nitrogen and oxygen atoms in total. The van der Waals surface area contributed by atoms with Crippen LogP contribution in [-0.2, 0) is 0 Å². The Balaban J connectivity index is 2.17. The third-order valence-electron chi connectivity index (χ3n) is 1.99. The minimum absolute atomic E-state index is 0.327. The summed E-state index contributed by atoms with van der Waals surface area (Å²) in [6.45, 7) is 0. The van der Waals surface area contributed by atoms with Crippen molar-refractivity contribution in [2.45, 2.75) is 6.04 Å². The highest BCUT2D eigenvalue weighted by molar-refractivity contribution is 9.10. The van der Waals surface area contributed by atoms with Crippen molar-refractivity contribution in [1.82, 2.24) is 0 Å². The topological polar surface area (TPSA) is 12.0 Å². The summed E-state index contributed by atoms with van der Waals surface area (Å²) in [5, 5.41) is 3.62. The Bertz CT molecular complexity index is 334. The molecule has 5 heteroatoms. The SMILES string of the molecule is Fc1cc(NC2CSC2)cc(Cl)c1Br. The van der Waals surface area contributed by atoms with Crippen LogP contribution >= 0.6 is 39.3 Å². The summed E-state index contributed by atoms with van der Waals surface area (Å²) in [7, 11) is 0. The maximum absolute atomic E-state index is 13.2. The number of anilines is 1. The van der Waals surface area contributed by atoms with Crippen molar-refractivity contribution in [3.05, 3.63) is 27.4 Å². The number of benzene rings is 1. The Morgan fingerprint density at radius 1 is 1.50 bits per heavy atom. The van der Waals surface area contributed by atoms with Crippen molar-refractivity contribution in [2.24, 2.45) is 0 Å². The van der Waals surface area contributed by atoms with Gasteiger partial charge in [-0.2, -0.15) is 11.8 Å². The Morgan fingerprint density at radius 3 is 2.71 bits per heavy atom. The second kappa shape index (κ2) is 4.29. The van der Waals surface area contributed by atoms with Gasteiger partial charge in [-0.15, -0.1) is 0 Å². The molecule has 1 heterocycles. The number of rotatable bonds is 2. The molecule has 0 spiro atoms. The molecule has 14 heavy (non-hydrogen) atoms. The number of thioether (sulfide) groups is 1. The first-order valence-electron chi connectivity index (χ1n) is 4.15. The zero-order chi connectivity index (χ0) is 10.1. The standard InChI is InChI=1S/C9H8BrClFNS/c10-9-7(11)1-5(2-8(9)12)13-6-3-14-4-6/h1-2,6,13H,3-4H2. The van der Waals surface area contributed by atoms with Crippen molar-refractivity contribution in [3.8, 4) is 0 Å². The molecule has 0 radical (unpaired) electrons. The first kappa shape index (κ1) is 10.6. The van der Waals surface area contributed by atoms with E-state index in [2.05, 4.69) is 21.2 Å². The van der Waals surface area contributed by atoms with E-state index in [1.165, 1.54) is 6.07 Å². The molecule has 0 saturated carbocycles. The molecule has 0 atom stereocenters. The molecule has 76 valence electrons. The quantitative estimate of drug-likeness (QED) is 0.834. The van der Waals surface area contributed by atoms with Gasteiger partial charge in [0.2, 0.25) is 0 Å².